The van der Waals surface area contributed by atoms with Gasteiger partial charge in [0, 0.05) is 40.0 Å². The van der Waals surface area contributed by atoms with E-state index in [2.05, 4.69) is 34.5 Å². The van der Waals surface area contributed by atoms with Gasteiger partial charge in [-0.25, -0.2) is 0 Å². The number of nitrogens with two attached hydrogens (primary N) is 1. The number of carbonyl (C=O) groups is 1. The lowest BCUT2D eigenvalue weighted by atomic mass is 9.64. The molecule has 1 aromatic rings. The van der Waals surface area contributed by atoms with E-state index in [-0.39, 0.29) is 35.6 Å². The number of benzene rings is 1. The fourth-order valence-corrected chi connectivity index (χ4v) is 6.73. The van der Waals surface area contributed by atoms with E-state index < -0.39 is 5.60 Å². The van der Waals surface area contributed by atoms with Crippen LogP contribution in [0.2, 0.25) is 0 Å². The second-order valence-corrected chi connectivity index (χ2v) is 10.1. The number of nitrogen functional groups attached to an aromatic ring is 1. The second-order valence-electron chi connectivity index (χ2n) is 8.11. The molecule has 27 heavy (non-hydrogen) atoms. The smallest absolute Gasteiger partial charge is 0.235 e. The topological polar surface area (TPSA) is 76.8 Å². The quantitative estimate of drug-likeness (QED) is 0.538. The molecule has 4 saturated heterocycles. The number of nitrogens with one attached hydrogen (secondary N) is 1. The zero-order chi connectivity index (χ0) is 19.0. The minimum Gasteiger partial charge on any atom is -0.398 e. The van der Waals surface area contributed by atoms with Crippen molar-refractivity contribution >= 4 is 45.2 Å². The predicted molar refractivity (Wildman–Crippen MR) is 109 cm³/mol. The summed E-state index contributed by atoms with van der Waals surface area (Å²) in [6.45, 7) is 4.84. The van der Waals surface area contributed by atoms with Crippen LogP contribution < -0.4 is 15.4 Å². The Balaban J connectivity index is 1.56. The van der Waals surface area contributed by atoms with E-state index in [9.17, 15) is 4.79 Å². The van der Waals surface area contributed by atoms with E-state index in [0.717, 1.165) is 28.8 Å². The van der Waals surface area contributed by atoms with Crippen molar-refractivity contribution in [3.63, 3.8) is 0 Å². The number of fused-ring (bicyclic) bond motifs is 2. The highest BCUT2D eigenvalue weighted by Gasteiger charge is 2.78. The first kappa shape index (κ1) is 18.2. The molecule has 2 bridgehead atoms. The van der Waals surface area contributed by atoms with E-state index in [4.69, 9.17) is 15.2 Å². The van der Waals surface area contributed by atoms with Crippen molar-refractivity contribution in [1.29, 1.82) is 0 Å². The molecule has 3 N–H and O–H groups in total. The first-order chi connectivity index (χ1) is 12.9. The van der Waals surface area contributed by atoms with E-state index in [1.54, 1.807) is 11.9 Å². The average molecular weight is 454 g/mol. The second kappa shape index (κ2) is 6.10. The van der Waals surface area contributed by atoms with Gasteiger partial charge in [0.15, 0.2) is 0 Å². The van der Waals surface area contributed by atoms with Crippen LogP contribution in [0.4, 0.5) is 11.4 Å². The molecule has 0 saturated carbocycles. The van der Waals surface area contributed by atoms with Gasteiger partial charge in [0.25, 0.3) is 0 Å². The summed E-state index contributed by atoms with van der Waals surface area (Å²) in [5.41, 5.74) is 6.64. The zero-order valence-electron chi connectivity index (χ0n) is 15.4. The molecule has 0 aromatic heterocycles. The number of amides is 1. The van der Waals surface area contributed by atoms with Gasteiger partial charge in [0.05, 0.1) is 23.7 Å². The first-order valence-electron chi connectivity index (χ1n) is 9.48. The molecule has 4 aliphatic heterocycles. The lowest BCUT2D eigenvalue weighted by Crippen LogP contribution is -2.60. The van der Waals surface area contributed by atoms with Crippen LogP contribution in [0.15, 0.2) is 22.7 Å². The fraction of sp³-hybridized carbons (Fsp3) is 0.632. The third kappa shape index (κ3) is 2.34. The molecule has 6 unspecified atom stereocenters. The summed E-state index contributed by atoms with van der Waals surface area (Å²) in [4.78, 5) is 15.4. The number of ether oxygens (including phenoxy) is 2. The van der Waals surface area contributed by atoms with Gasteiger partial charge in [-0.1, -0.05) is 18.9 Å². The van der Waals surface area contributed by atoms with Gasteiger partial charge < -0.3 is 15.2 Å². The summed E-state index contributed by atoms with van der Waals surface area (Å²) in [5.74, 6) is 0.990. The van der Waals surface area contributed by atoms with Crippen molar-refractivity contribution in [3.05, 3.63) is 22.7 Å². The summed E-state index contributed by atoms with van der Waals surface area (Å²) in [5, 5.41) is 0. The molecular weight excluding hydrogens is 430 g/mol. The van der Waals surface area contributed by atoms with Crippen molar-refractivity contribution in [3.8, 4) is 0 Å². The molecule has 4 aliphatic rings. The fourth-order valence-electron chi connectivity index (χ4n) is 5.71. The maximum Gasteiger partial charge on any atom is 0.235 e. The average Bonchev–Trinajstić information content (AvgIpc) is 3.20. The van der Waals surface area contributed by atoms with Crippen molar-refractivity contribution < 1.29 is 14.3 Å². The lowest BCUT2D eigenvalue weighted by molar-refractivity contribution is -0.142. The van der Waals surface area contributed by atoms with Gasteiger partial charge in [-0.2, -0.15) is 0 Å². The Morgan fingerprint density at radius 3 is 3.04 bits per heavy atom. The number of rotatable bonds is 4. The Labute approximate surface area is 171 Å². The highest BCUT2D eigenvalue weighted by molar-refractivity contribution is 9.10. The molecule has 0 radical (unpaired) electrons. The Bertz CT molecular complexity index is 810. The first-order valence-corrected chi connectivity index (χ1v) is 11.3. The minimum absolute atomic E-state index is 0.0452. The summed E-state index contributed by atoms with van der Waals surface area (Å²) in [6.07, 6.45) is 1.40. The Morgan fingerprint density at radius 1 is 1.48 bits per heavy atom. The minimum atomic E-state index is -0.445. The van der Waals surface area contributed by atoms with Crippen molar-refractivity contribution in [2.24, 2.45) is 11.8 Å². The lowest BCUT2D eigenvalue weighted by Gasteiger charge is -2.45. The van der Waals surface area contributed by atoms with E-state index >= 15 is 0 Å². The maximum absolute atomic E-state index is 13.5. The van der Waals surface area contributed by atoms with Crippen LogP contribution in [0, 0.1) is 11.8 Å². The van der Waals surface area contributed by atoms with Crippen molar-refractivity contribution in [1.82, 2.24) is 4.72 Å². The Hall–Kier alpha value is -0.800. The van der Waals surface area contributed by atoms with Crippen LogP contribution in [-0.4, -0.2) is 41.7 Å². The molecule has 6 atom stereocenters. The highest BCUT2D eigenvalue weighted by atomic mass is 79.9. The summed E-state index contributed by atoms with van der Waals surface area (Å²) < 4.78 is 17.2. The molecule has 6 nitrogen and oxygen atoms in total. The van der Waals surface area contributed by atoms with E-state index in [0.29, 0.717) is 12.3 Å². The van der Waals surface area contributed by atoms with E-state index in [1.807, 2.05) is 23.1 Å². The molecule has 1 aromatic carbocycles. The van der Waals surface area contributed by atoms with Crippen molar-refractivity contribution in [2.45, 2.75) is 50.2 Å². The number of halogens is 1. The van der Waals surface area contributed by atoms with Gasteiger partial charge in [0.2, 0.25) is 5.91 Å². The SMILES string of the molecule is CCSNC1CC2(C)OC13CCOC1C3C2C(=O)N1c1ccc(N)c(Br)c1. The summed E-state index contributed by atoms with van der Waals surface area (Å²) in [7, 11) is 0. The number of hydrogen-bond acceptors (Lipinski definition) is 6. The normalized spacial score (nSPS) is 42.0. The molecular formula is C19H24BrN3O3S. The van der Waals surface area contributed by atoms with Gasteiger partial charge in [0.1, 0.15) is 6.23 Å². The van der Waals surface area contributed by atoms with E-state index in [1.165, 1.54) is 0 Å². The molecule has 5 rings (SSSR count). The highest BCUT2D eigenvalue weighted by Crippen LogP contribution is 2.65. The molecule has 1 spiro atoms. The third-order valence-corrected chi connectivity index (χ3v) is 8.11. The van der Waals surface area contributed by atoms with Gasteiger partial charge in [-0.3, -0.25) is 14.4 Å². The number of anilines is 2. The molecule has 0 aliphatic carbocycles. The number of hydrogen-bond donors (Lipinski definition) is 2. The summed E-state index contributed by atoms with van der Waals surface area (Å²) >= 11 is 5.21. The van der Waals surface area contributed by atoms with Crippen LogP contribution in [-0.2, 0) is 14.3 Å². The molecule has 4 fully saturated rings. The number of nitrogens with zero attached hydrogens (tertiary/aromatic N) is 1. The van der Waals surface area contributed by atoms with Crippen LogP contribution in [0.1, 0.15) is 26.7 Å². The molecule has 4 heterocycles. The monoisotopic (exact) mass is 453 g/mol. The number of carbonyl (C=O) groups excluding carboxylic acids is 1. The van der Waals surface area contributed by atoms with Crippen LogP contribution in [0.3, 0.4) is 0 Å². The molecule has 1 amide bonds. The Kier molecular flexibility index (Phi) is 4.12. The Morgan fingerprint density at radius 2 is 2.30 bits per heavy atom. The van der Waals surface area contributed by atoms with Gasteiger partial charge >= 0.3 is 0 Å². The third-order valence-electron chi connectivity index (χ3n) is 6.68. The van der Waals surface area contributed by atoms with Crippen LogP contribution >= 0.6 is 27.9 Å². The van der Waals surface area contributed by atoms with Crippen molar-refractivity contribution in [2.75, 3.05) is 23.0 Å². The summed E-state index contributed by atoms with van der Waals surface area (Å²) in [6, 6.07) is 5.88. The van der Waals surface area contributed by atoms with Gasteiger partial charge in [-0.15, -0.1) is 0 Å². The zero-order valence-corrected chi connectivity index (χ0v) is 17.8. The van der Waals surface area contributed by atoms with Crippen LogP contribution in [0.5, 0.6) is 0 Å². The molecule has 146 valence electrons. The molecule has 8 heteroatoms. The van der Waals surface area contributed by atoms with Gasteiger partial charge in [-0.05, 0) is 47.5 Å². The largest absolute Gasteiger partial charge is 0.398 e. The predicted octanol–water partition coefficient (Wildman–Crippen LogP) is 2.91. The maximum atomic E-state index is 13.5. The standard InChI is InChI=1S/C19H24BrN3O3S/c1-3-27-22-13-9-18(2)14-15-17(25-7-6-19(13,15)26-18)23(16(14)24)10-4-5-12(21)11(20)8-10/h4-5,8,13-15,17,22H,3,6-7,9,21H2,1-2H3. The van der Waals surface area contributed by atoms with Crippen LogP contribution in [0.25, 0.3) is 0 Å².